The molecule has 0 bridgehead atoms. The van der Waals surface area contributed by atoms with Crippen molar-refractivity contribution in [1.82, 2.24) is 20.0 Å². The molecule has 1 aromatic heterocycles. The van der Waals surface area contributed by atoms with E-state index in [1.165, 1.54) is 12.1 Å². The van der Waals surface area contributed by atoms with E-state index in [2.05, 4.69) is 15.7 Å². The Morgan fingerprint density at radius 1 is 1.26 bits per heavy atom. The third kappa shape index (κ3) is 5.06. The summed E-state index contributed by atoms with van der Waals surface area (Å²) in [6, 6.07) is 7.35. The van der Waals surface area contributed by atoms with Crippen molar-refractivity contribution in [3.05, 3.63) is 48.0 Å². The van der Waals surface area contributed by atoms with Crippen molar-refractivity contribution in [1.29, 1.82) is 0 Å². The average molecular weight is 373 g/mol. The normalized spacial score (nSPS) is 14.8. The molecule has 0 unspecified atom stereocenters. The van der Waals surface area contributed by atoms with Crippen LogP contribution >= 0.6 is 0 Å². The van der Waals surface area contributed by atoms with Gasteiger partial charge in [-0.3, -0.25) is 9.48 Å². The first-order valence-electron chi connectivity index (χ1n) is 9.10. The molecule has 3 rings (SSSR count). The smallest absolute Gasteiger partial charge is 0.321 e. The molecule has 7 nitrogen and oxygen atoms in total. The van der Waals surface area contributed by atoms with Gasteiger partial charge in [-0.15, -0.1) is 0 Å². The maximum absolute atomic E-state index is 13.2. The maximum atomic E-state index is 13.2. The van der Waals surface area contributed by atoms with Crippen LogP contribution in [0.5, 0.6) is 0 Å². The zero-order valence-electron chi connectivity index (χ0n) is 15.3. The quantitative estimate of drug-likeness (QED) is 0.846. The first-order chi connectivity index (χ1) is 13.0. The SMILES string of the molecule is Cn1nccc1C(=O)NCCC1CCN(C(=O)Nc2cccc(F)c2)CC1. The van der Waals surface area contributed by atoms with Gasteiger partial charge in [-0.2, -0.15) is 5.10 Å². The standard InChI is InChI=1S/C19H24FN5O2/c1-24-17(6-10-22-24)18(26)21-9-5-14-7-11-25(12-8-14)19(27)23-16-4-2-3-15(20)13-16/h2-4,6,10,13-14H,5,7-9,11-12H2,1H3,(H,21,26)(H,23,27). The van der Waals surface area contributed by atoms with E-state index in [-0.39, 0.29) is 17.8 Å². The number of aromatic nitrogens is 2. The van der Waals surface area contributed by atoms with Crippen LogP contribution in [0.15, 0.2) is 36.5 Å². The Bertz CT molecular complexity index is 799. The summed E-state index contributed by atoms with van der Waals surface area (Å²) in [6.45, 7) is 1.91. The Kier molecular flexibility index (Phi) is 6.05. The number of halogens is 1. The van der Waals surface area contributed by atoms with Gasteiger partial charge in [0.05, 0.1) is 0 Å². The second-order valence-corrected chi connectivity index (χ2v) is 6.76. The fraction of sp³-hybridized carbons (Fsp3) is 0.421. The molecular formula is C19H24FN5O2. The Balaban J connectivity index is 1.38. The highest BCUT2D eigenvalue weighted by Gasteiger charge is 2.23. The van der Waals surface area contributed by atoms with Crippen LogP contribution in [0.25, 0.3) is 0 Å². The number of nitrogens with zero attached hydrogens (tertiary/aromatic N) is 3. The zero-order valence-corrected chi connectivity index (χ0v) is 15.3. The van der Waals surface area contributed by atoms with Crippen LogP contribution in [0.4, 0.5) is 14.9 Å². The fourth-order valence-corrected chi connectivity index (χ4v) is 3.27. The molecule has 1 aliphatic rings. The highest BCUT2D eigenvalue weighted by Crippen LogP contribution is 2.21. The van der Waals surface area contributed by atoms with E-state index in [0.717, 1.165) is 19.3 Å². The Hall–Kier alpha value is -2.90. The van der Waals surface area contributed by atoms with Crippen LogP contribution in [0, 0.1) is 11.7 Å². The van der Waals surface area contributed by atoms with Crippen molar-refractivity contribution in [2.24, 2.45) is 13.0 Å². The van der Waals surface area contributed by atoms with Crippen molar-refractivity contribution in [2.45, 2.75) is 19.3 Å². The summed E-state index contributed by atoms with van der Waals surface area (Å²) in [7, 11) is 1.74. The summed E-state index contributed by atoms with van der Waals surface area (Å²) in [5, 5.41) is 9.63. The molecule has 0 saturated carbocycles. The van der Waals surface area contributed by atoms with Crippen LogP contribution < -0.4 is 10.6 Å². The molecule has 27 heavy (non-hydrogen) atoms. The molecule has 8 heteroatoms. The first kappa shape index (κ1) is 18.9. The zero-order chi connectivity index (χ0) is 19.2. The number of benzene rings is 1. The summed E-state index contributed by atoms with van der Waals surface area (Å²) in [4.78, 5) is 26.1. The number of anilines is 1. The van der Waals surface area contributed by atoms with Crippen molar-refractivity contribution in [3.8, 4) is 0 Å². The molecule has 1 fully saturated rings. The molecule has 2 aromatic rings. The molecule has 144 valence electrons. The minimum Gasteiger partial charge on any atom is -0.351 e. The number of carbonyl (C=O) groups excluding carboxylic acids is 2. The van der Waals surface area contributed by atoms with E-state index in [1.54, 1.807) is 41.0 Å². The molecule has 3 amide bonds. The van der Waals surface area contributed by atoms with Gasteiger partial charge in [-0.05, 0) is 49.4 Å². The van der Waals surface area contributed by atoms with E-state index in [4.69, 9.17) is 0 Å². The number of rotatable bonds is 5. The lowest BCUT2D eigenvalue weighted by molar-refractivity contribution is 0.0940. The van der Waals surface area contributed by atoms with Crippen molar-refractivity contribution < 1.29 is 14.0 Å². The topological polar surface area (TPSA) is 79.3 Å². The highest BCUT2D eigenvalue weighted by molar-refractivity contribution is 5.92. The third-order valence-electron chi connectivity index (χ3n) is 4.87. The predicted molar refractivity (Wildman–Crippen MR) is 99.9 cm³/mol. The monoisotopic (exact) mass is 373 g/mol. The number of nitrogens with one attached hydrogen (secondary N) is 2. The Morgan fingerprint density at radius 3 is 2.70 bits per heavy atom. The summed E-state index contributed by atoms with van der Waals surface area (Å²) < 4.78 is 14.7. The largest absolute Gasteiger partial charge is 0.351 e. The van der Waals surface area contributed by atoms with Gasteiger partial charge in [0.1, 0.15) is 11.5 Å². The summed E-state index contributed by atoms with van der Waals surface area (Å²) in [5.74, 6) is -0.0309. The minimum atomic E-state index is -0.375. The van der Waals surface area contributed by atoms with Crippen LogP contribution in [0.1, 0.15) is 29.8 Å². The number of hydrogen-bond donors (Lipinski definition) is 2. The van der Waals surface area contributed by atoms with Gasteiger partial charge in [0.25, 0.3) is 5.91 Å². The van der Waals surface area contributed by atoms with Crippen LogP contribution in [-0.2, 0) is 7.05 Å². The van der Waals surface area contributed by atoms with Crippen molar-refractivity contribution in [3.63, 3.8) is 0 Å². The van der Waals surface area contributed by atoms with Crippen molar-refractivity contribution >= 4 is 17.6 Å². The predicted octanol–water partition coefficient (Wildman–Crippen LogP) is 2.62. The minimum absolute atomic E-state index is 0.123. The Morgan fingerprint density at radius 2 is 2.04 bits per heavy atom. The molecule has 1 saturated heterocycles. The number of likely N-dealkylation sites (tertiary alicyclic amines) is 1. The molecule has 0 aliphatic carbocycles. The molecule has 0 radical (unpaired) electrons. The first-order valence-corrected chi connectivity index (χ1v) is 9.10. The van der Waals surface area contributed by atoms with Gasteiger partial charge in [0, 0.05) is 38.6 Å². The molecular weight excluding hydrogens is 349 g/mol. The van der Waals surface area contributed by atoms with E-state index >= 15 is 0 Å². The molecule has 1 aliphatic heterocycles. The Labute approximate surface area is 157 Å². The van der Waals surface area contributed by atoms with E-state index in [0.29, 0.717) is 36.9 Å². The lowest BCUT2D eigenvalue weighted by atomic mass is 9.93. The fourth-order valence-electron chi connectivity index (χ4n) is 3.27. The number of piperidine rings is 1. The van der Waals surface area contributed by atoms with Crippen molar-refractivity contribution in [2.75, 3.05) is 25.0 Å². The molecule has 2 N–H and O–H groups in total. The second kappa shape index (κ2) is 8.66. The summed E-state index contributed by atoms with van der Waals surface area (Å²) in [6.07, 6.45) is 4.25. The van der Waals surface area contributed by atoms with Gasteiger partial charge in [0.15, 0.2) is 0 Å². The molecule has 0 atom stereocenters. The second-order valence-electron chi connectivity index (χ2n) is 6.76. The maximum Gasteiger partial charge on any atom is 0.321 e. The molecule has 1 aromatic carbocycles. The van der Waals surface area contributed by atoms with Gasteiger partial charge < -0.3 is 15.5 Å². The number of aryl methyl sites for hydroxylation is 1. The van der Waals surface area contributed by atoms with E-state index in [1.807, 2.05) is 0 Å². The number of amides is 3. The van der Waals surface area contributed by atoms with Crippen LogP contribution in [-0.4, -0.2) is 46.3 Å². The van der Waals surface area contributed by atoms with Gasteiger partial charge in [0.2, 0.25) is 0 Å². The lowest BCUT2D eigenvalue weighted by Crippen LogP contribution is -2.41. The molecule has 2 heterocycles. The number of urea groups is 1. The van der Waals surface area contributed by atoms with Crippen LogP contribution in [0.3, 0.4) is 0 Å². The van der Waals surface area contributed by atoms with Gasteiger partial charge in [-0.1, -0.05) is 6.07 Å². The van der Waals surface area contributed by atoms with Gasteiger partial charge in [-0.25, -0.2) is 9.18 Å². The van der Waals surface area contributed by atoms with Gasteiger partial charge >= 0.3 is 6.03 Å². The highest BCUT2D eigenvalue weighted by atomic mass is 19.1. The summed E-state index contributed by atoms with van der Waals surface area (Å²) in [5.41, 5.74) is 0.999. The average Bonchev–Trinajstić information content (AvgIpc) is 3.08. The number of hydrogen-bond acceptors (Lipinski definition) is 3. The van der Waals surface area contributed by atoms with E-state index in [9.17, 15) is 14.0 Å². The summed E-state index contributed by atoms with van der Waals surface area (Å²) >= 11 is 0. The third-order valence-corrected chi connectivity index (χ3v) is 4.87. The number of carbonyl (C=O) groups is 2. The lowest BCUT2D eigenvalue weighted by Gasteiger charge is -2.32. The molecule has 0 spiro atoms. The van der Waals surface area contributed by atoms with Crippen LogP contribution in [0.2, 0.25) is 0 Å². The van der Waals surface area contributed by atoms with E-state index < -0.39 is 0 Å².